The fourth-order valence-electron chi connectivity index (χ4n) is 1.50. The number of rotatable bonds is 2. The molecule has 22 heavy (non-hydrogen) atoms. The van der Waals surface area contributed by atoms with Crippen LogP contribution in [0.5, 0.6) is 0 Å². The molecule has 4 nitrogen and oxygen atoms in total. The Morgan fingerprint density at radius 1 is 0.636 bits per heavy atom. The van der Waals surface area contributed by atoms with E-state index in [1.165, 1.54) is 0 Å². The highest BCUT2D eigenvalue weighted by Crippen LogP contribution is 2.14. The minimum Gasteiger partial charge on any atom is -0.331 e. The summed E-state index contributed by atoms with van der Waals surface area (Å²) in [5.74, 6) is 0. The monoisotopic (exact) mass is 370 g/mol. The average molecular weight is 371 g/mol. The van der Waals surface area contributed by atoms with Gasteiger partial charge in [-0.25, -0.2) is 0 Å². The van der Waals surface area contributed by atoms with Gasteiger partial charge < -0.3 is 10.6 Å². The molecule has 0 saturated carbocycles. The molecule has 0 amide bonds. The van der Waals surface area contributed by atoms with Gasteiger partial charge in [0.15, 0.2) is 10.2 Å². The van der Waals surface area contributed by atoms with Crippen molar-refractivity contribution in [2.24, 2.45) is 0 Å². The summed E-state index contributed by atoms with van der Waals surface area (Å²) < 4.78 is 0. The number of hydrogen-bond acceptors (Lipinski definition) is 2. The van der Waals surface area contributed by atoms with Crippen LogP contribution in [0.15, 0.2) is 48.5 Å². The summed E-state index contributed by atoms with van der Waals surface area (Å²) in [6.07, 6.45) is 0. The molecule has 0 aliphatic carbocycles. The molecule has 4 N–H and O–H groups in total. The number of hydrazine groups is 1. The molecule has 0 aromatic heterocycles. The first kappa shape index (κ1) is 16.8. The number of anilines is 2. The molecule has 2 aromatic carbocycles. The van der Waals surface area contributed by atoms with Crippen LogP contribution in [0.2, 0.25) is 10.0 Å². The zero-order valence-electron chi connectivity index (χ0n) is 11.2. The zero-order chi connectivity index (χ0) is 15.9. The van der Waals surface area contributed by atoms with Crippen LogP contribution >= 0.6 is 47.6 Å². The summed E-state index contributed by atoms with van der Waals surface area (Å²) >= 11 is 21.9. The Labute approximate surface area is 149 Å². The molecule has 0 spiro atoms. The minimum absolute atomic E-state index is 0.377. The lowest BCUT2D eigenvalue weighted by atomic mass is 10.3. The molecule has 0 aliphatic heterocycles. The Balaban J connectivity index is 1.76. The van der Waals surface area contributed by atoms with E-state index in [0.29, 0.717) is 20.3 Å². The molecular weight excluding hydrogens is 359 g/mol. The predicted molar refractivity (Wildman–Crippen MR) is 102 cm³/mol. The maximum Gasteiger partial charge on any atom is 0.189 e. The first-order valence-electron chi connectivity index (χ1n) is 6.18. The van der Waals surface area contributed by atoms with Gasteiger partial charge in [0, 0.05) is 21.4 Å². The molecule has 114 valence electrons. The normalized spacial score (nSPS) is 9.73. The molecule has 0 bridgehead atoms. The van der Waals surface area contributed by atoms with Crippen LogP contribution in [-0.4, -0.2) is 10.2 Å². The van der Waals surface area contributed by atoms with E-state index in [0.717, 1.165) is 11.4 Å². The highest BCUT2D eigenvalue weighted by molar-refractivity contribution is 7.81. The predicted octanol–water partition coefficient (Wildman–Crippen LogP) is 4.18. The van der Waals surface area contributed by atoms with Gasteiger partial charge in [-0.2, -0.15) is 0 Å². The third kappa shape index (κ3) is 5.65. The quantitative estimate of drug-likeness (QED) is 0.469. The van der Waals surface area contributed by atoms with Gasteiger partial charge >= 0.3 is 0 Å². The lowest BCUT2D eigenvalue weighted by Crippen LogP contribution is -2.45. The van der Waals surface area contributed by atoms with E-state index in [4.69, 9.17) is 47.6 Å². The molecule has 2 rings (SSSR count). The summed E-state index contributed by atoms with van der Waals surface area (Å²) in [5.41, 5.74) is 7.21. The molecule has 0 unspecified atom stereocenters. The zero-order valence-corrected chi connectivity index (χ0v) is 14.3. The van der Waals surface area contributed by atoms with Crippen molar-refractivity contribution < 1.29 is 0 Å². The molecule has 0 radical (unpaired) electrons. The molecule has 0 fully saturated rings. The van der Waals surface area contributed by atoms with Crippen molar-refractivity contribution >= 4 is 69.2 Å². The topological polar surface area (TPSA) is 48.1 Å². The number of halogens is 2. The van der Waals surface area contributed by atoms with Crippen molar-refractivity contribution in [3.8, 4) is 0 Å². The van der Waals surface area contributed by atoms with Crippen LogP contribution in [0.4, 0.5) is 11.4 Å². The second-order valence-corrected chi connectivity index (χ2v) is 5.86. The van der Waals surface area contributed by atoms with Gasteiger partial charge in [0.2, 0.25) is 0 Å². The molecule has 8 heteroatoms. The minimum atomic E-state index is 0.377. The standard InChI is InChI=1S/C14H12Cl2N4S2/c15-9-1-5-11(6-2-9)17-13(21)19-20-14(22)18-12-7-3-10(16)4-8-12/h1-8H,(H2,17,19,21)(H2,18,20,22). The van der Waals surface area contributed by atoms with Crippen molar-refractivity contribution in [3.05, 3.63) is 58.6 Å². The maximum absolute atomic E-state index is 5.82. The number of hydrogen-bond donors (Lipinski definition) is 4. The van der Waals surface area contributed by atoms with E-state index in [1.807, 2.05) is 24.3 Å². The lowest BCUT2D eigenvalue weighted by molar-refractivity contribution is 0.885. The van der Waals surface area contributed by atoms with Crippen LogP contribution in [0.25, 0.3) is 0 Å². The van der Waals surface area contributed by atoms with E-state index in [-0.39, 0.29) is 0 Å². The fourth-order valence-corrected chi connectivity index (χ4v) is 2.09. The SMILES string of the molecule is S=C(NNC(=S)Nc1ccc(Cl)cc1)Nc1ccc(Cl)cc1. The van der Waals surface area contributed by atoms with Crippen molar-refractivity contribution in [2.75, 3.05) is 10.6 Å². The van der Waals surface area contributed by atoms with E-state index in [2.05, 4.69) is 21.5 Å². The molecule has 0 aliphatic rings. The molecule has 0 saturated heterocycles. The summed E-state index contributed by atoms with van der Waals surface area (Å²) in [6, 6.07) is 14.4. The van der Waals surface area contributed by atoms with Crippen molar-refractivity contribution in [1.29, 1.82) is 0 Å². The van der Waals surface area contributed by atoms with Gasteiger partial charge in [0.1, 0.15) is 0 Å². The van der Waals surface area contributed by atoms with E-state index in [1.54, 1.807) is 24.3 Å². The van der Waals surface area contributed by atoms with Gasteiger partial charge in [-0.05, 0) is 73.0 Å². The van der Waals surface area contributed by atoms with Crippen molar-refractivity contribution in [1.82, 2.24) is 10.9 Å². The third-order valence-electron chi connectivity index (χ3n) is 2.49. The molecular formula is C14H12Cl2N4S2. The van der Waals surface area contributed by atoms with Gasteiger partial charge in [-0.15, -0.1) is 0 Å². The second kappa shape index (κ2) is 8.14. The Morgan fingerprint density at radius 2 is 0.955 bits per heavy atom. The summed E-state index contributed by atoms with van der Waals surface area (Å²) in [4.78, 5) is 0. The number of nitrogens with one attached hydrogen (secondary N) is 4. The van der Waals surface area contributed by atoms with Crippen molar-refractivity contribution in [3.63, 3.8) is 0 Å². The highest BCUT2D eigenvalue weighted by Gasteiger charge is 2.00. The first-order chi connectivity index (χ1) is 10.5. The van der Waals surface area contributed by atoms with E-state index in [9.17, 15) is 0 Å². The molecule has 0 heterocycles. The van der Waals surface area contributed by atoms with Gasteiger partial charge in [-0.1, -0.05) is 23.2 Å². The van der Waals surface area contributed by atoms with E-state index >= 15 is 0 Å². The maximum atomic E-state index is 5.82. The smallest absolute Gasteiger partial charge is 0.189 e. The molecule has 0 atom stereocenters. The summed E-state index contributed by atoms with van der Waals surface area (Å²) in [6.45, 7) is 0. The highest BCUT2D eigenvalue weighted by atomic mass is 35.5. The largest absolute Gasteiger partial charge is 0.331 e. The van der Waals surface area contributed by atoms with Gasteiger partial charge in [-0.3, -0.25) is 10.9 Å². The second-order valence-electron chi connectivity index (χ2n) is 4.17. The van der Waals surface area contributed by atoms with E-state index < -0.39 is 0 Å². The summed E-state index contributed by atoms with van der Waals surface area (Å²) in [5, 5.41) is 8.06. The first-order valence-corrected chi connectivity index (χ1v) is 7.75. The van der Waals surface area contributed by atoms with Gasteiger partial charge in [0.05, 0.1) is 0 Å². The Morgan fingerprint density at radius 3 is 1.27 bits per heavy atom. The van der Waals surface area contributed by atoms with Gasteiger partial charge in [0.25, 0.3) is 0 Å². The number of benzene rings is 2. The Bertz CT molecular complexity index is 600. The summed E-state index contributed by atoms with van der Waals surface area (Å²) in [7, 11) is 0. The van der Waals surface area contributed by atoms with Crippen LogP contribution in [0.1, 0.15) is 0 Å². The average Bonchev–Trinajstić information content (AvgIpc) is 2.50. The lowest BCUT2D eigenvalue weighted by Gasteiger charge is -2.14. The van der Waals surface area contributed by atoms with Crippen LogP contribution < -0.4 is 21.5 Å². The fraction of sp³-hybridized carbons (Fsp3) is 0. The third-order valence-corrected chi connectivity index (χ3v) is 3.41. The van der Waals surface area contributed by atoms with Crippen LogP contribution in [-0.2, 0) is 0 Å². The number of thiocarbonyl (C=S) groups is 2. The van der Waals surface area contributed by atoms with Crippen LogP contribution in [0.3, 0.4) is 0 Å². The Hall–Kier alpha value is -1.60. The molecule has 2 aromatic rings. The Kier molecular flexibility index (Phi) is 6.21. The van der Waals surface area contributed by atoms with Crippen molar-refractivity contribution in [2.45, 2.75) is 0 Å². The van der Waals surface area contributed by atoms with Crippen LogP contribution in [0, 0.1) is 0 Å².